The molecule has 0 unspecified atom stereocenters. The third-order valence-electron chi connectivity index (χ3n) is 4.13. The predicted molar refractivity (Wildman–Crippen MR) is 107 cm³/mol. The van der Waals surface area contributed by atoms with Crippen molar-refractivity contribution in [3.05, 3.63) is 76.1 Å². The lowest BCUT2D eigenvalue weighted by molar-refractivity contribution is -0.383. The molecule has 0 radical (unpaired) electrons. The normalized spacial score (nSPS) is 10.7. The first-order chi connectivity index (χ1) is 12.9. The van der Waals surface area contributed by atoms with Crippen molar-refractivity contribution in [2.45, 2.75) is 26.7 Å². The highest BCUT2D eigenvalue weighted by atomic mass is 16.6. The lowest BCUT2D eigenvalue weighted by Gasteiger charge is -2.11. The van der Waals surface area contributed by atoms with Gasteiger partial charge in [-0.05, 0) is 48.2 Å². The van der Waals surface area contributed by atoms with E-state index in [2.05, 4.69) is 34.4 Å². The van der Waals surface area contributed by atoms with E-state index < -0.39 is 4.92 Å². The van der Waals surface area contributed by atoms with E-state index in [1.54, 1.807) is 0 Å². The SMILES string of the molecule is Cc1cccc(Nc2ncnc(Nc3ccc(C(C)C)cc3)c2[N+](=O)[O-])c1. The molecule has 0 atom stereocenters. The quantitative estimate of drug-likeness (QED) is 0.456. The number of nitrogens with one attached hydrogen (secondary N) is 2. The van der Waals surface area contributed by atoms with Gasteiger partial charge in [-0.3, -0.25) is 10.1 Å². The highest BCUT2D eigenvalue weighted by Crippen LogP contribution is 2.33. The first kappa shape index (κ1) is 18.3. The summed E-state index contributed by atoms with van der Waals surface area (Å²) >= 11 is 0. The minimum Gasteiger partial charge on any atom is -0.334 e. The largest absolute Gasteiger partial charge is 0.353 e. The summed E-state index contributed by atoms with van der Waals surface area (Å²) in [6.45, 7) is 6.18. The highest BCUT2D eigenvalue weighted by Gasteiger charge is 2.23. The summed E-state index contributed by atoms with van der Waals surface area (Å²) in [5.74, 6) is 0.696. The molecule has 27 heavy (non-hydrogen) atoms. The molecule has 0 bridgehead atoms. The second-order valence-electron chi connectivity index (χ2n) is 6.57. The van der Waals surface area contributed by atoms with Gasteiger partial charge < -0.3 is 10.6 Å². The molecule has 1 heterocycles. The van der Waals surface area contributed by atoms with E-state index in [-0.39, 0.29) is 17.3 Å². The maximum absolute atomic E-state index is 11.7. The van der Waals surface area contributed by atoms with Gasteiger partial charge >= 0.3 is 5.69 Å². The number of benzene rings is 2. The molecule has 0 aliphatic heterocycles. The van der Waals surface area contributed by atoms with Gasteiger partial charge in [0, 0.05) is 11.4 Å². The van der Waals surface area contributed by atoms with Gasteiger partial charge in [0.05, 0.1) is 4.92 Å². The van der Waals surface area contributed by atoms with Crippen LogP contribution in [0.5, 0.6) is 0 Å². The summed E-state index contributed by atoms with van der Waals surface area (Å²) in [4.78, 5) is 19.3. The zero-order chi connectivity index (χ0) is 19.4. The fourth-order valence-electron chi connectivity index (χ4n) is 2.68. The fourth-order valence-corrected chi connectivity index (χ4v) is 2.68. The molecular weight excluding hydrogens is 342 g/mol. The molecule has 7 nitrogen and oxygen atoms in total. The fraction of sp³-hybridized carbons (Fsp3) is 0.200. The average molecular weight is 363 g/mol. The van der Waals surface area contributed by atoms with Crippen LogP contribution in [0.2, 0.25) is 0 Å². The lowest BCUT2D eigenvalue weighted by Crippen LogP contribution is -2.05. The van der Waals surface area contributed by atoms with E-state index in [1.165, 1.54) is 11.9 Å². The van der Waals surface area contributed by atoms with Crippen LogP contribution in [0, 0.1) is 17.0 Å². The van der Waals surface area contributed by atoms with Crippen molar-refractivity contribution in [1.29, 1.82) is 0 Å². The first-order valence-electron chi connectivity index (χ1n) is 8.64. The Kier molecular flexibility index (Phi) is 5.30. The molecule has 0 fully saturated rings. The third-order valence-corrected chi connectivity index (χ3v) is 4.13. The van der Waals surface area contributed by atoms with Gasteiger partial charge in [0.25, 0.3) is 0 Å². The number of anilines is 4. The Morgan fingerprint density at radius 2 is 1.59 bits per heavy atom. The first-order valence-corrected chi connectivity index (χ1v) is 8.64. The number of aromatic nitrogens is 2. The lowest BCUT2D eigenvalue weighted by atomic mass is 10.0. The van der Waals surface area contributed by atoms with Crippen LogP contribution < -0.4 is 10.6 Å². The van der Waals surface area contributed by atoms with E-state index in [0.717, 1.165) is 16.9 Å². The van der Waals surface area contributed by atoms with Gasteiger partial charge in [0.2, 0.25) is 11.6 Å². The minimum atomic E-state index is -0.483. The van der Waals surface area contributed by atoms with Crippen molar-refractivity contribution in [1.82, 2.24) is 9.97 Å². The number of hydrogen-bond acceptors (Lipinski definition) is 6. The van der Waals surface area contributed by atoms with Crippen LogP contribution in [0.25, 0.3) is 0 Å². The topological polar surface area (TPSA) is 93.0 Å². The third kappa shape index (κ3) is 4.38. The van der Waals surface area contributed by atoms with Crippen LogP contribution in [-0.2, 0) is 0 Å². The summed E-state index contributed by atoms with van der Waals surface area (Å²) in [5, 5.41) is 17.7. The number of rotatable bonds is 6. The number of nitro groups is 1. The van der Waals surface area contributed by atoms with E-state index in [4.69, 9.17) is 0 Å². The van der Waals surface area contributed by atoms with E-state index >= 15 is 0 Å². The molecule has 3 rings (SSSR count). The van der Waals surface area contributed by atoms with Crippen molar-refractivity contribution < 1.29 is 4.92 Å². The molecule has 3 aromatic rings. The van der Waals surface area contributed by atoms with Crippen molar-refractivity contribution >= 4 is 28.7 Å². The Morgan fingerprint density at radius 3 is 2.15 bits per heavy atom. The van der Waals surface area contributed by atoms with Gasteiger partial charge in [0.1, 0.15) is 6.33 Å². The molecule has 0 saturated heterocycles. The summed E-state index contributed by atoms with van der Waals surface area (Å²) in [6.07, 6.45) is 1.30. The molecule has 0 saturated carbocycles. The molecule has 0 spiro atoms. The standard InChI is InChI=1S/C20H21N5O2/c1-13(2)15-7-9-16(10-8-15)23-19-18(25(26)27)20(22-12-21-19)24-17-6-4-5-14(3)11-17/h4-13H,1-3H3,(H2,21,22,23,24). The molecule has 138 valence electrons. The van der Waals surface area contributed by atoms with Crippen LogP contribution in [0.1, 0.15) is 30.9 Å². The van der Waals surface area contributed by atoms with Crippen molar-refractivity contribution in [3.8, 4) is 0 Å². The van der Waals surface area contributed by atoms with E-state index in [9.17, 15) is 10.1 Å². The smallest absolute Gasteiger partial charge is 0.334 e. The number of aryl methyl sites for hydroxylation is 1. The van der Waals surface area contributed by atoms with Crippen LogP contribution in [0.4, 0.5) is 28.7 Å². The number of nitrogens with zero attached hydrogens (tertiary/aromatic N) is 3. The van der Waals surface area contributed by atoms with E-state index in [1.807, 2.05) is 55.5 Å². The average Bonchev–Trinajstić information content (AvgIpc) is 2.62. The Bertz CT molecular complexity index is 955. The van der Waals surface area contributed by atoms with Crippen LogP contribution in [0.3, 0.4) is 0 Å². The van der Waals surface area contributed by atoms with Crippen molar-refractivity contribution in [2.24, 2.45) is 0 Å². The minimum absolute atomic E-state index is 0.141. The zero-order valence-electron chi connectivity index (χ0n) is 15.4. The molecule has 0 aliphatic carbocycles. The summed E-state index contributed by atoms with van der Waals surface area (Å²) in [7, 11) is 0. The van der Waals surface area contributed by atoms with Crippen molar-refractivity contribution in [3.63, 3.8) is 0 Å². The monoisotopic (exact) mass is 363 g/mol. The molecule has 7 heteroatoms. The van der Waals surface area contributed by atoms with Crippen molar-refractivity contribution in [2.75, 3.05) is 10.6 Å². The summed E-state index contributed by atoms with van der Waals surface area (Å²) in [6, 6.07) is 15.3. The Balaban J connectivity index is 1.92. The van der Waals surface area contributed by atoms with Gasteiger partial charge in [-0.1, -0.05) is 38.1 Å². The maximum atomic E-state index is 11.7. The Labute approximate surface area is 157 Å². The summed E-state index contributed by atoms with van der Waals surface area (Å²) < 4.78 is 0. The molecule has 1 aromatic heterocycles. The van der Waals surface area contributed by atoms with Crippen LogP contribution in [0.15, 0.2) is 54.9 Å². The molecule has 2 N–H and O–H groups in total. The van der Waals surface area contributed by atoms with E-state index in [0.29, 0.717) is 5.92 Å². The molecule has 2 aromatic carbocycles. The molecule has 0 aliphatic rings. The molecule has 0 amide bonds. The predicted octanol–water partition coefficient (Wildman–Crippen LogP) is 5.30. The number of hydrogen-bond donors (Lipinski definition) is 2. The summed E-state index contributed by atoms with van der Waals surface area (Å²) in [5.41, 5.74) is 3.48. The van der Waals surface area contributed by atoms with Crippen LogP contribution in [-0.4, -0.2) is 14.9 Å². The second-order valence-corrected chi connectivity index (χ2v) is 6.57. The second kappa shape index (κ2) is 7.82. The Morgan fingerprint density at radius 1 is 0.963 bits per heavy atom. The zero-order valence-corrected chi connectivity index (χ0v) is 15.4. The Hall–Kier alpha value is -3.48. The van der Waals surface area contributed by atoms with Gasteiger partial charge in [-0.15, -0.1) is 0 Å². The van der Waals surface area contributed by atoms with Gasteiger partial charge in [0.15, 0.2) is 0 Å². The van der Waals surface area contributed by atoms with Gasteiger partial charge in [-0.25, -0.2) is 9.97 Å². The van der Waals surface area contributed by atoms with Gasteiger partial charge in [-0.2, -0.15) is 0 Å². The maximum Gasteiger partial charge on any atom is 0.353 e. The molecular formula is C20H21N5O2. The highest BCUT2D eigenvalue weighted by molar-refractivity contribution is 5.76. The van der Waals surface area contributed by atoms with Crippen LogP contribution >= 0.6 is 0 Å².